The lowest BCUT2D eigenvalue weighted by atomic mass is 10.1. The molecule has 0 heterocycles. The number of carbonyl (C=O) groups is 2. The van der Waals surface area contributed by atoms with Gasteiger partial charge in [-0.2, -0.15) is 0 Å². The Balaban J connectivity index is 2.17. The van der Waals surface area contributed by atoms with Crippen molar-refractivity contribution in [3.63, 3.8) is 0 Å². The first kappa shape index (κ1) is 8.29. The highest BCUT2D eigenvalue weighted by Crippen LogP contribution is 2.54. The third-order valence-corrected chi connectivity index (χ3v) is 2.69. The van der Waals surface area contributed by atoms with Gasteiger partial charge in [-0.15, -0.1) is 0 Å². The summed E-state index contributed by atoms with van der Waals surface area (Å²) in [6, 6.07) is 0. The minimum Gasteiger partial charge on any atom is -0.512 e. The number of rotatable bonds is 2. The minimum atomic E-state index is -0.886. The Kier molecular flexibility index (Phi) is 1.65. The summed E-state index contributed by atoms with van der Waals surface area (Å²) >= 11 is 0. The van der Waals surface area contributed by atoms with E-state index in [-0.39, 0.29) is 17.3 Å². The fraction of sp³-hybridized carbons (Fsp3) is 0.556. The van der Waals surface area contributed by atoms with Crippen molar-refractivity contribution in [2.45, 2.75) is 12.8 Å². The van der Waals surface area contributed by atoms with Crippen LogP contribution in [0, 0.1) is 11.8 Å². The first-order valence-corrected chi connectivity index (χ1v) is 4.19. The van der Waals surface area contributed by atoms with Gasteiger partial charge in [0.1, 0.15) is 5.76 Å². The van der Waals surface area contributed by atoms with Crippen molar-refractivity contribution in [1.82, 2.24) is 0 Å². The zero-order valence-corrected chi connectivity index (χ0v) is 7.24. The van der Waals surface area contributed by atoms with Gasteiger partial charge in [0, 0.05) is 11.5 Å². The Labute approximate surface area is 75.2 Å². The van der Waals surface area contributed by atoms with Gasteiger partial charge in [0.25, 0.3) is 5.78 Å². The Hall–Kier alpha value is -1.32. The number of hydrogen-bond donors (Lipinski definition) is 1. The van der Waals surface area contributed by atoms with Crippen molar-refractivity contribution in [2.75, 3.05) is 7.11 Å². The van der Waals surface area contributed by atoms with Gasteiger partial charge in [-0.3, -0.25) is 4.79 Å². The van der Waals surface area contributed by atoms with Crippen molar-refractivity contribution in [2.24, 2.45) is 11.8 Å². The molecule has 0 aromatic rings. The number of fused-ring (bicyclic) bond motifs is 1. The Morgan fingerprint density at radius 1 is 1.54 bits per heavy atom. The third kappa shape index (κ3) is 1.13. The summed E-state index contributed by atoms with van der Waals surface area (Å²) in [4.78, 5) is 22.1. The summed E-state index contributed by atoms with van der Waals surface area (Å²) in [6.07, 6.45) is 1.48. The molecule has 0 unspecified atom stereocenters. The quantitative estimate of drug-likeness (QED) is 0.501. The summed E-state index contributed by atoms with van der Waals surface area (Å²) in [5.41, 5.74) is 0.258. The van der Waals surface area contributed by atoms with Gasteiger partial charge >= 0.3 is 5.97 Å². The molecule has 0 spiro atoms. The largest absolute Gasteiger partial charge is 0.512 e. The fourth-order valence-electron chi connectivity index (χ4n) is 1.82. The number of carbonyl (C=O) groups excluding carboxylic acids is 2. The second kappa shape index (κ2) is 2.58. The van der Waals surface area contributed by atoms with E-state index in [0.29, 0.717) is 12.3 Å². The van der Waals surface area contributed by atoms with E-state index in [2.05, 4.69) is 4.74 Å². The summed E-state index contributed by atoms with van der Waals surface area (Å²) in [6.45, 7) is 0. The van der Waals surface area contributed by atoms with Gasteiger partial charge in [-0.05, 0) is 18.8 Å². The van der Waals surface area contributed by atoms with Crippen LogP contribution in [0.1, 0.15) is 12.8 Å². The summed E-state index contributed by atoms with van der Waals surface area (Å²) in [5, 5.41) is 9.46. The Morgan fingerprint density at radius 3 is 2.69 bits per heavy atom. The van der Waals surface area contributed by atoms with E-state index in [1.165, 1.54) is 0 Å². The van der Waals surface area contributed by atoms with Crippen LogP contribution >= 0.6 is 0 Å². The zero-order chi connectivity index (χ0) is 9.59. The molecule has 70 valence electrons. The van der Waals surface area contributed by atoms with E-state index in [0.717, 1.165) is 13.5 Å². The number of Topliss-reactive ketones (excluding diaryl/α,β-unsaturated/α-hetero) is 1. The molecule has 4 heteroatoms. The third-order valence-electron chi connectivity index (χ3n) is 2.69. The molecule has 1 fully saturated rings. The van der Waals surface area contributed by atoms with Crippen molar-refractivity contribution in [1.29, 1.82) is 0 Å². The highest BCUT2D eigenvalue weighted by Gasteiger charge is 2.49. The zero-order valence-electron chi connectivity index (χ0n) is 7.24. The van der Waals surface area contributed by atoms with Gasteiger partial charge in [0.15, 0.2) is 0 Å². The number of ketones is 1. The fourth-order valence-corrected chi connectivity index (χ4v) is 1.82. The first-order chi connectivity index (χ1) is 6.15. The average molecular weight is 182 g/mol. The predicted octanol–water partition coefficient (Wildman–Crippen LogP) is 0.580. The number of allylic oxidation sites excluding steroid dienone is 1. The monoisotopic (exact) mass is 182 g/mol. The Bertz CT molecular complexity index is 316. The molecule has 0 radical (unpaired) electrons. The van der Waals surface area contributed by atoms with Crippen LogP contribution in [0.2, 0.25) is 0 Å². The maximum atomic E-state index is 11.3. The van der Waals surface area contributed by atoms with Crippen LogP contribution in [0.15, 0.2) is 11.3 Å². The maximum absolute atomic E-state index is 11.3. The number of aliphatic hydroxyl groups is 1. The van der Waals surface area contributed by atoms with Crippen molar-refractivity contribution >= 4 is 11.8 Å². The van der Waals surface area contributed by atoms with Crippen LogP contribution in [0.25, 0.3) is 0 Å². The molecular formula is C9H10O4. The smallest absolute Gasteiger partial charge is 0.379 e. The molecule has 0 saturated heterocycles. The van der Waals surface area contributed by atoms with E-state index in [9.17, 15) is 14.7 Å². The summed E-state index contributed by atoms with van der Waals surface area (Å²) in [5.74, 6) is -0.928. The van der Waals surface area contributed by atoms with Crippen molar-refractivity contribution in [3.05, 3.63) is 11.3 Å². The van der Waals surface area contributed by atoms with Crippen molar-refractivity contribution in [3.8, 4) is 0 Å². The highest BCUT2D eigenvalue weighted by atomic mass is 16.5. The van der Waals surface area contributed by atoms with Gasteiger partial charge < -0.3 is 9.84 Å². The van der Waals surface area contributed by atoms with E-state index < -0.39 is 11.8 Å². The molecule has 0 aromatic carbocycles. The number of ether oxygens (including phenoxy) is 1. The molecule has 2 atom stereocenters. The summed E-state index contributed by atoms with van der Waals surface area (Å²) in [7, 11) is 1.16. The molecule has 2 aliphatic carbocycles. The van der Waals surface area contributed by atoms with Crippen LogP contribution in [-0.2, 0) is 14.3 Å². The van der Waals surface area contributed by atoms with Crippen LogP contribution in [0.3, 0.4) is 0 Å². The molecule has 0 amide bonds. The van der Waals surface area contributed by atoms with Crippen molar-refractivity contribution < 1.29 is 19.4 Å². The minimum absolute atomic E-state index is 0.111. The molecule has 2 aliphatic rings. The van der Waals surface area contributed by atoms with Gasteiger partial charge in [-0.25, -0.2) is 4.79 Å². The lowest BCUT2D eigenvalue weighted by Gasteiger charge is -2.01. The average Bonchev–Trinajstić information content (AvgIpc) is 2.84. The number of methoxy groups -OCH3 is 1. The predicted molar refractivity (Wildman–Crippen MR) is 42.9 cm³/mol. The molecule has 2 rings (SSSR count). The molecular weight excluding hydrogens is 172 g/mol. The Morgan fingerprint density at radius 2 is 2.23 bits per heavy atom. The van der Waals surface area contributed by atoms with E-state index in [1.807, 2.05) is 0 Å². The second-order valence-corrected chi connectivity index (χ2v) is 3.49. The van der Waals surface area contributed by atoms with Gasteiger partial charge in [-0.1, -0.05) is 0 Å². The molecule has 0 bridgehead atoms. The SMILES string of the molecule is COC(=O)C(=O)C1=C(O)[C@H]2C[C@H]2C1. The number of hydrogen-bond acceptors (Lipinski definition) is 4. The first-order valence-electron chi connectivity index (χ1n) is 4.19. The lowest BCUT2D eigenvalue weighted by molar-refractivity contribution is -0.150. The number of esters is 1. The standard InChI is InChI=1S/C9H10O4/c1-13-9(12)8(11)6-3-4-2-5(4)7(6)10/h4-5,10H,2-3H2,1H3/t4-,5-/m0/s1. The summed E-state index contributed by atoms with van der Waals surface area (Å²) < 4.78 is 4.29. The maximum Gasteiger partial charge on any atom is 0.379 e. The van der Waals surface area contributed by atoms with E-state index in [4.69, 9.17) is 0 Å². The molecule has 13 heavy (non-hydrogen) atoms. The van der Waals surface area contributed by atoms with Crippen LogP contribution in [0.5, 0.6) is 0 Å². The van der Waals surface area contributed by atoms with E-state index in [1.54, 1.807) is 0 Å². The topological polar surface area (TPSA) is 63.6 Å². The second-order valence-electron chi connectivity index (χ2n) is 3.49. The van der Waals surface area contributed by atoms with Crippen LogP contribution < -0.4 is 0 Å². The highest BCUT2D eigenvalue weighted by molar-refractivity contribution is 6.40. The van der Waals surface area contributed by atoms with Gasteiger partial charge in [0.05, 0.1) is 7.11 Å². The molecule has 0 aliphatic heterocycles. The molecule has 1 N–H and O–H groups in total. The normalized spacial score (nSPS) is 29.9. The van der Waals surface area contributed by atoms with E-state index >= 15 is 0 Å². The van der Waals surface area contributed by atoms with Crippen LogP contribution in [0.4, 0.5) is 0 Å². The molecule has 0 aromatic heterocycles. The van der Waals surface area contributed by atoms with Crippen LogP contribution in [-0.4, -0.2) is 24.0 Å². The number of aliphatic hydroxyl groups excluding tert-OH is 1. The van der Waals surface area contributed by atoms with Gasteiger partial charge in [0.2, 0.25) is 0 Å². The molecule has 4 nitrogen and oxygen atoms in total. The lowest BCUT2D eigenvalue weighted by Crippen LogP contribution is -2.18. The molecule has 1 saturated carbocycles.